The lowest BCUT2D eigenvalue weighted by Crippen LogP contribution is -2.36. The summed E-state index contributed by atoms with van der Waals surface area (Å²) >= 11 is 0. The van der Waals surface area contributed by atoms with Crippen molar-refractivity contribution in [3.05, 3.63) is 65.4 Å². The fourth-order valence-electron chi connectivity index (χ4n) is 4.65. The fourth-order valence-corrected chi connectivity index (χ4v) is 4.65. The molecule has 0 saturated heterocycles. The zero-order valence-corrected chi connectivity index (χ0v) is 18.7. The molecule has 164 valence electrons. The van der Waals surface area contributed by atoms with Crippen LogP contribution in [0, 0.1) is 5.41 Å². The van der Waals surface area contributed by atoms with Crippen LogP contribution in [0.5, 0.6) is 11.5 Å². The van der Waals surface area contributed by atoms with Crippen LogP contribution in [0.3, 0.4) is 0 Å². The average Bonchev–Trinajstić information content (AvgIpc) is 3.20. The van der Waals surface area contributed by atoms with Crippen molar-refractivity contribution in [1.29, 1.82) is 0 Å². The van der Waals surface area contributed by atoms with Gasteiger partial charge in [0.05, 0.1) is 14.2 Å². The normalized spacial score (nSPS) is 19.1. The number of Topliss-reactive ketones (excluding diaryl/α,β-unsaturated/α-hetero) is 1. The number of benzene rings is 2. The zero-order valence-electron chi connectivity index (χ0n) is 18.7. The van der Waals surface area contributed by atoms with Crippen molar-refractivity contribution in [2.45, 2.75) is 32.7 Å². The van der Waals surface area contributed by atoms with Gasteiger partial charge in [0.1, 0.15) is 6.04 Å². The summed E-state index contributed by atoms with van der Waals surface area (Å²) in [4.78, 5) is 18.1. The number of ether oxygens (including phenoxy) is 2. The molecule has 32 heavy (non-hydrogen) atoms. The second-order valence-corrected chi connectivity index (χ2v) is 9.04. The van der Waals surface area contributed by atoms with Gasteiger partial charge in [0, 0.05) is 23.3 Å². The Morgan fingerprint density at radius 1 is 1.03 bits per heavy atom. The number of allylic oxidation sites excluding steroid dienone is 2. The Balaban J connectivity index is 1.65. The molecule has 3 aromatic rings. The predicted octanol–water partition coefficient (Wildman–Crippen LogP) is 4.62. The first kappa shape index (κ1) is 20.3. The molecule has 5 rings (SSSR count). The molecule has 0 spiro atoms. The zero-order chi connectivity index (χ0) is 22.5. The number of nitrogens with one attached hydrogen (secondary N) is 1. The highest BCUT2D eigenvalue weighted by atomic mass is 16.5. The van der Waals surface area contributed by atoms with Gasteiger partial charge in [0.2, 0.25) is 5.95 Å². The number of nitrogens with zero attached hydrogens (tertiary/aromatic N) is 3. The number of hydrogen-bond acceptors (Lipinski definition) is 6. The highest BCUT2D eigenvalue weighted by molar-refractivity contribution is 6.00. The van der Waals surface area contributed by atoms with Gasteiger partial charge in [-0.2, -0.15) is 4.98 Å². The Bertz CT molecular complexity index is 1230. The summed E-state index contributed by atoms with van der Waals surface area (Å²) in [5.41, 5.74) is 3.45. The summed E-state index contributed by atoms with van der Waals surface area (Å²) in [6.07, 6.45) is 1.30. The molecule has 0 amide bonds. The van der Waals surface area contributed by atoms with Gasteiger partial charge in [0.15, 0.2) is 23.1 Å². The SMILES string of the molecule is COc1ccc(-c2nc3n(n2)C(c2ccccc2)C2=C(CC(C)(C)CC2=O)N3)cc1OC. The first-order valence-corrected chi connectivity index (χ1v) is 10.7. The highest BCUT2D eigenvalue weighted by Gasteiger charge is 2.41. The van der Waals surface area contributed by atoms with Gasteiger partial charge < -0.3 is 14.8 Å². The van der Waals surface area contributed by atoms with Crippen LogP contribution in [0.15, 0.2) is 59.8 Å². The molecule has 0 bridgehead atoms. The number of methoxy groups -OCH3 is 2. The predicted molar refractivity (Wildman–Crippen MR) is 122 cm³/mol. The minimum atomic E-state index is -0.313. The van der Waals surface area contributed by atoms with E-state index in [2.05, 4.69) is 19.2 Å². The minimum Gasteiger partial charge on any atom is -0.493 e. The molecule has 7 heteroatoms. The first-order valence-electron chi connectivity index (χ1n) is 10.7. The summed E-state index contributed by atoms with van der Waals surface area (Å²) in [6, 6.07) is 15.3. The summed E-state index contributed by atoms with van der Waals surface area (Å²) in [7, 11) is 3.21. The van der Waals surface area contributed by atoms with Gasteiger partial charge in [-0.1, -0.05) is 44.2 Å². The Morgan fingerprint density at radius 3 is 2.50 bits per heavy atom. The van der Waals surface area contributed by atoms with E-state index >= 15 is 0 Å². The van der Waals surface area contributed by atoms with E-state index in [-0.39, 0.29) is 17.2 Å². The largest absolute Gasteiger partial charge is 0.493 e. The molecule has 0 saturated carbocycles. The van der Waals surface area contributed by atoms with Gasteiger partial charge in [-0.25, -0.2) is 4.68 Å². The van der Waals surface area contributed by atoms with Crippen LogP contribution >= 0.6 is 0 Å². The monoisotopic (exact) mass is 430 g/mol. The molecular weight excluding hydrogens is 404 g/mol. The van der Waals surface area contributed by atoms with Crippen LogP contribution in [0.4, 0.5) is 5.95 Å². The molecule has 2 heterocycles. The molecule has 1 N–H and O–H groups in total. The molecule has 0 radical (unpaired) electrons. The van der Waals surface area contributed by atoms with Crippen LogP contribution < -0.4 is 14.8 Å². The summed E-state index contributed by atoms with van der Waals surface area (Å²) in [6.45, 7) is 4.25. The summed E-state index contributed by atoms with van der Waals surface area (Å²) in [5, 5.41) is 8.25. The van der Waals surface area contributed by atoms with E-state index in [0.29, 0.717) is 29.7 Å². The second kappa shape index (κ2) is 7.51. The van der Waals surface area contributed by atoms with E-state index < -0.39 is 0 Å². The van der Waals surface area contributed by atoms with Crippen molar-refractivity contribution in [1.82, 2.24) is 14.8 Å². The van der Waals surface area contributed by atoms with Gasteiger partial charge in [-0.15, -0.1) is 5.10 Å². The maximum atomic E-state index is 13.3. The Kier molecular flexibility index (Phi) is 4.77. The van der Waals surface area contributed by atoms with Gasteiger partial charge in [-0.3, -0.25) is 4.79 Å². The fraction of sp³-hybridized carbons (Fsp3) is 0.320. The topological polar surface area (TPSA) is 78.3 Å². The molecule has 1 aromatic heterocycles. The van der Waals surface area contributed by atoms with E-state index in [9.17, 15) is 4.79 Å². The van der Waals surface area contributed by atoms with E-state index in [1.807, 2.05) is 53.2 Å². The molecule has 2 aromatic carbocycles. The van der Waals surface area contributed by atoms with Crippen LogP contribution in [0.1, 0.15) is 38.3 Å². The summed E-state index contributed by atoms with van der Waals surface area (Å²) in [5.74, 6) is 2.60. The number of carbonyl (C=O) groups excluding carboxylic acids is 1. The quantitative estimate of drug-likeness (QED) is 0.651. The third-order valence-electron chi connectivity index (χ3n) is 6.09. The van der Waals surface area contributed by atoms with Crippen molar-refractivity contribution in [2.24, 2.45) is 5.41 Å². The maximum absolute atomic E-state index is 13.3. The standard InChI is InChI=1S/C25H26N4O3/c1-25(2)13-17-21(18(30)14-25)22(15-8-6-5-7-9-15)29-24(26-17)27-23(28-29)16-10-11-19(31-3)20(12-16)32-4/h5-12,22H,13-14H2,1-4H3,(H,26,27,28). The second-order valence-electron chi connectivity index (χ2n) is 9.04. The Hall–Kier alpha value is -3.61. The first-order chi connectivity index (χ1) is 15.4. The molecule has 1 aliphatic carbocycles. The van der Waals surface area contributed by atoms with Crippen LogP contribution in [-0.2, 0) is 4.79 Å². The van der Waals surface area contributed by atoms with E-state index in [0.717, 1.165) is 28.8 Å². The van der Waals surface area contributed by atoms with E-state index in [1.165, 1.54) is 0 Å². The number of carbonyl (C=O) groups is 1. The molecule has 1 aliphatic heterocycles. The molecular formula is C25H26N4O3. The lowest BCUT2D eigenvalue weighted by atomic mass is 9.73. The number of rotatable bonds is 4. The van der Waals surface area contributed by atoms with Crippen molar-refractivity contribution in [2.75, 3.05) is 19.5 Å². The minimum absolute atomic E-state index is 0.0987. The van der Waals surface area contributed by atoms with E-state index in [1.54, 1.807) is 14.2 Å². The number of ketones is 1. The highest BCUT2D eigenvalue weighted by Crippen LogP contribution is 2.45. The summed E-state index contributed by atoms with van der Waals surface area (Å²) < 4.78 is 12.6. The number of aromatic nitrogens is 3. The lowest BCUT2D eigenvalue weighted by Gasteiger charge is -2.38. The number of hydrogen-bond donors (Lipinski definition) is 1. The van der Waals surface area contributed by atoms with Crippen molar-refractivity contribution in [3.8, 4) is 22.9 Å². The number of fused-ring (bicyclic) bond motifs is 1. The molecule has 2 aliphatic rings. The average molecular weight is 431 g/mol. The van der Waals surface area contributed by atoms with Crippen molar-refractivity contribution >= 4 is 11.7 Å². The van der Waals surface area contributed by atoms with Crippen LogP contribution in [-0.4, -0.2) is 34.8 Å². The third-order valence-corrected chi connectivity index (χ3v) is 6.09. The third kappa shape index (κ3) is 3.34. The van der Waals surface area contributed by atoms with Gasteiger partial charge >= 0.3 is 0 Å². The maximum Gasteiger partial charge on any atom is 0.226 e. The molecule has 7 nitrogen and oxygen atoms in total. The number of anilines is 1. The van der Waals surface area contributed by atoms with E-state index in [4.69, 9.17) is 19.6 Å². The molecule has 1 unspecified atom stereocenters. The Morgan fingerprint density at radius 2 is 1.78 bits per heavy atom. The van der Waals surface area contributed by atoms with Gasteiger partial charge in [-0.05, 0) is 35.6 Å². The van der Waals surface area contributed by atoms with Crippen LogP contribution in [0.2, 0.25) is 0 Å². The smallest absolute Gasteiger partial charge is 0.226 e. The van der Waals surface area contributed by atoms with Crippen molar-refractivity contribution < 1.29 is 14.3 Å². The Labute approximate surface area is 187 Å². The molecule has 0 fully saturated rings. The lowest BCUT2D eigenvalue weighted by molar-refractivity contribution is -0.118. The van der Waals surface area contributed by atoms with Crippen molar-refractivity contribution in [3.63, 3.8) is 0 Å². The molecule has 1 atom stereocenters. The van der Waals surface area contributed by atoms with Crippen LogP contribution in [0.25, 0.3) is 11.4 Å². The van der Waals surface area contributed by atoms with Gasteiger partial charge in [0.25, 0.3) is 0 Å².